The molecule has 4 heteroatoms. The lowest BCUT2D eigenvalue weighted by Gasteiger charge is -2.16. The quantitative estimate of drug-likeness (QED) is 0.919. The monoisotopic (exact) mass is 263 g/mol. The SMILES string of the molecule is CN(C)c1ccc(C(O)c2cccc(F)c2F)cc1. The predicted molar refractivity (Wildman–Crippen MR) is 71.2 cm³/mol. The normalized spacial score (nSPS) is 12.3. The number of anilines is 1. The number of aliphatic hydroxyl groups is 1. The first-order valence-corrected chi connectivity index (χ1v) is 5.90. The van der Waals surface area contributed by atoms with Gasteiger partial charge in [0.2, 0.25) is 0 Å². The second kappa shape index (κ2) is 5.36. The number of aliphatic hydroxyl groups excluding tert-OH is 1. The van der Waals surface area contributed by atoms with E-state index in [1.807, 2.05) is 31.1 Å². The molecule has 0 fully saturated rings. The summed E-state index contributed by atoms with van der Waals surface area (Å²) in [5.41, 5.74) is 1.43. The Morgan fingerprint density at radius 1 is 1.00 bits per heavy atom. The summed E-state index contributed by atoms with van der Waals surface area (Å²) in [6, 6.07) is 10.8. The van der Waals surface area contributed by atoms with Crippen LogP contribution in [-0.2, 0) is 0 Å². The van der Waals surface area contributed by atoms with Crippen LogP contribution < -0.4 is 4.90 Å². The summed E-state index contributed by atoms with van der Waals surface area (Å²) in [5, 5.41) is 10.1. The highest BCUT2D eigenvalue weighted by Crippen LogP contribution is 2.26. The third-order valence-corrected chi connectivity index (χ3v) is 3.00. The molecule has 19 heavy (non-hydrogen) atoms. The van der Waals surface area contributed by atoms with Gasteiger partial charge in [-0.2, -0.15) is 0 Å². The van der Waals surface area contributed by atoms with Crippen molar-refractivity contribution in [3.05, 3.63) is 65.2 Å². The van der Waals surface area contributed by atoms with Gasteiger partial charge in [0.05, 0.1) is 0 Å². The number of benzene rings is 2. The van der Waals surface area contributed by atoms with E-state index < -0.39 is 17.7 Å². The average Bonchev–Trinajstić information content (AvgIpc) is 2.41. The number of hydrogen-bond acceptors (Lipinski definition) is 2. The molecule has 2 aromatic carbocycles. The average molecular weight is 263 g/mol. The molecule has 2 rings (SSSR count). The second-order valence-electron chi connectivity index (χ2n) is 4.53. The van der Waals surface area contributed by atoms with E-state index in [-0.39, 0.29) is 5.56 Å². The number of halogens is 2. The lowest BCUT2D eigenvalue weighted by atomic mass is 10.0. The fourth-order valence-electron chi connectivity index (χ4n) is 1.87. The van der Waals surface area contributed by atoms with Crippen LogP contribution in [0, 0.1) is 11.6 Å². The van der Waals surface area contributed by atoms with Crippen molar-refractivity contribution < 1.29 is 13.9 Å². The van der Waals surface area contributed by atoms with E-state index in [1.165, 1.54) is 12.1 Å². The third kappa shape index (κ3) is 2.74. The molecule has 0 radical (unpaired) electrons. The molecule has 1 atom stereocenters. The van der Waals surface area contributed by atoms with Crippen LogP contribution in [0.25, 0.3) is 0 Å². The molecule has 0 aliphatic carbocycles. The van der Waals surface area contributed by atoms with Gasteiger partial charge in [0, 0.05) is 25.3 Å². The Kier molecular flexibility index (Phi) is 3.81. The Bertz CT molecular complexity index is 567. The van der Waals surface area contributed by atoms with Crippen LogP contribution in [0.5, 0.6) is 0 Å². The van der Waals surface area contributed by atoms with Gasteiger partial charge >= 0.3 is 0 Å². The summed E-state index contributed by atoms with van der Waals surface area (Å²) in [4.78, 5) is 1.92. The predicted octanol–water partition coefficient (Wildman–Crippen LogP) is 3.11. The first-order valence-electron chi connectivity index (χ1n) is 5.90. The van der Waals surface area contributed by atoms with E-state index in [1.54, 1.807) is 12.1 Å². The summed E-state index contributed by atoms with van der Waals surface area (Å²) in [6.45, 7) is 0. The van der Waals surface area contributed by atoms with Crippen molar-refractivity contribution in [1.29, 1.82) is 0 Å². The van der Waals surface area contributed by atoms with Crippen LogP contribution in [0.4, 0.5) is 14.5 Å². The Morgan fingerprint density at radius 3 is 2.21 bits per heavy atom. The second-order valence-corrected chi connectivity index (χ2v) is 4.53. The minimum absolute atomic E-state index is 0.0578. The highest BCUT2D eigenvalue weighted by molar-refractivity contribution is 5.47. The summed E-state index contributed by atoms with van der Waals surface area (Å²) in [6.07, 6.45) is -1.17. The van der Waals surface area contributed by atoms with Gasteiger partial charge in [0.1, 0.15) is 6.10 Å². The van der Waals surface area contributed by atoms with Crippen molar-refractivity contribution in [2.24, 2.45) is 0 Å². The fraction of sp³-hybridized carbons (Fsp3) is 0.200. The molecular weight excluding hydrogens is 248 g/mol. The molecule has 1 N–H and O–H groups in total. The van der Waals surface area contributed by atoms with Gasteiger partial charge in [0.15, 0.2) is 11.6 Å². The van der Waals surface area contributed by atoms with Crippen LogP contribution in [0.15, 0.2) is 42.5 Å². The molecule has 0 spiro atoms. The van der Waals surface area contributed by atoms with Gasteiger partial charge in [-0.15, -0.1) is 0 Å². The Hall–Kier alpha value is -1.94. The Morgan fingerprint density at radius 2 is 1.63 bits per heavy atom. The van der Waals surface area contributed by atoms with Gasteiger partial charge < -0.3 is 10.0 Å². The van der Waals surface area contributed by atoms with Gasteiger partial charge in [-0.05, 0) is 23.8 Å². The molecule has 0 aliphatic heterocycles. The van der Waals surface area contributed by atoms with E-state index in [4.69, 9.17) is 0 Å². The molecule has 0 aromatic heterocycles. The van der Waals surface area contributed by atoms with Crippen LogP contribution in [0.2, 0.25) is 0 Å². The molecule has 0 saturated carbocycles. The van der Waals surface area contributed by atoms with Crippen molar-refractivity contribution in [3.8, 4) is 0 Å². The van der Waals surface area contributed by atoms with Gasteiger partial charge in [-0.1, -0.05) is 24.3 Å². The van der Waals surface area contributed by atoms with Crippen LogP contribution in [-0.4, -0.2) is 19.2 Å². The highest BCUT2D eigenvalue weighted by atomic mass is 19.2. The highest BCUT2D eigenvalue weighted by Gasteiger charge is 2.17. The van der Waals surface area contributed by atoms with E-state index in [9.17, 15) is 13.9 Å². The first-order chi connectivity index (χ1) is 9.00. The largest absolute Gasteiger partial charge is 0.384 e. The summed E-state index contributed by atoms with van der Waals surface area (Å²) >= 11 is 0. The molecule has 0 heterocycles. The van der Waals surface area contributed by atoms with E-state index in [0.29, 0.717) is 5.56 Å². The summed E-state index contributed by atoms with van der Waals surface area (Å²) in [7, 11) is 3.80. The van der Waals surface area contributed by atoms with Crippen molar-refractivity contribution in [2.45, 2.75) is 6.10 Å². The smallest absolute Gasteiger partial charge is 0.164 e. The van der Waals surface area contributed by atoms with Gasteiger partial charge in [-0.25, -0.2) is 8.78 Å². The van der Waals surface area contributed by atoms with Crippen LogP contribution in [0.1, 0.15) is 17.2 Å². The van der Waals surface area contributed by atoms with Gasteiger partial charge in [0.25, 0.3) is 0 Å². The minimum Gasteiger partial charge on any atom is -0.384 e. The lowest BCUT2D eigenvalue weighted by molar-refractivity contribution is 0.213. The molecule has 0 saturated heterocycles. The molecule has 1 unspecified atom stereocenters. The summed E-state index contributed by atoms with van der Waals surface area (Å²) in [5.74, 6) is -1.96. The number of rotatable bonds is 3. The van der Waals surface area contributed by atoms with E-state index >= 15 is 0 Å². The molecule has 2 aromatic rings. The van der Waals surface area contributed by atoms with Crippen LogP contribution in [0.3, 0.4) is 0 Å². The van der Waals surface area contributed by atoms with Crippen LogP contribution >= 0.6 is 0 Å². The maximum Gasteiger partial charge on any atom is 0.164 e. The molecule has 0 aliphatic rings. The zero-order valence-corrected chi connectivity index (χ0v) is 10.8. The number of hydrogen-bond donors (Lipinski definition) is 1. The van der Waals surface area contributed by atoms with Gasteiger partial charge in [-0.3, -0.25) is 0 Å². The van der Waals surface area contributed by atoms with Crippen molar-refractivity contribution >= 4 is 5.69 Å². The zero-order chi connectivity index (χ0) is 14.0. The topological polar surface area (TPSA) is 23.5 Å². The standard InChI is InChI=1S/C15H15F2NO/c1-18(2)11-8-6-10(7-9-11)15(19)12-4-3-5-13(16)14(12)17/h3-9,15,19H,1-2H3. The molecular formula is C15H15F2NO. The van der Waals surface area contributed by atoms with Crippen molar-refractivity contribution in [3.63, 3.8) is 0 Å². The molecule has 0 bridgehead atoms. The third-order valence-electron chi connectivity index (χ3n) is 3.00. The van der Waals surface area contributed by atoms with E-state index in [0.717, 1.165) is 11.8 Å². The zero-order valence-electron chi connectivity index (χ0n) is 10.8. The lowest BCUT2D eigenvalue weighted by Crippen LogP contribution is -2.09. The fourth-order valence-corrected chi connectivity index (χ4v) is 1.87. The summed E-state index contributed by atoms with van der Waals surface area (Å²) < 4.78 is 26.7. The minimum atomic E-state index is -1.17. The Balaban J connectivity index is 2.33. The first kappa shape index (κ1) is 13.5. The molecule has 2 nitrogen and oxygen atoms in total. The van der Waals surface area contributed by atoms with Crippen molar-refractivity contribution in [2.75, 3.05) is 19.0 Å². The number of nitrogens with zero attached hydrogens (tertiary/aromatic N) is 1. The molecule has 0 amide bonds. The van der Waals surface area contributed by atoms with E-state index in [2.05, 4.69) is 0 Å². The maximum atomic E-state index is 13.6. The Labute approximate surface area is 110 Å². The maximum absolute atomic E-state index is 13.6. The van der Waals surface area contributed by atoms with Crippen molar-refractivity contribution in [1.82, 2.24) is 0 Å². The molecule has 100 valence electrons.